The Bertz CT molecular complexity index is 825. The molecular formula is C21H23N5. The summed E-state index contributed by atoms with van der Waals surface area (Å²) >= 11 is 0. The van der Waals surface area contributed by atoms with Gasteiger partial charge in [-0.15, -0.1) is 0 Å². The van der Waals surface area contributed by atoms with Gasteiger partial charge in [-0.05, 0) is 44.0 Å². The smallest absolute Gasteiger partial charge is 0.177 e. The Morgan fingerprint density at radius 3 is 2.19 bits per heavy atom. The fourth-order valence-electron chi connectivity index (χ4n) is 2.77. The van der Waals surface area contributed by atoms with Crippen LogP contribution in [0.5, 0.6) is 0 Å². The molecule has 2 rings (SSSR count). The minimum Gasteiger partial charge on any atom is -0.372 e. The van der Waals surface area contributed by atoms with E-state index in [9.17, 15) is 5.26 Å². The Hall–Kier alpha value is -3.18. The van der Waals surface area contributed by atoms with Crippen LogP contribution in [0.2, 0.25) is 0 Å². The van der Waals surface area contributed by atoms with Crippen LogP contribution in [0, 0.1) is 28.6 Å². The molecule has 0 saturated carbocycles. The molecule has 0 bridgehead atoms. The normalized spacial score (nSPS) is 16.8. The molecule has 5 heteroatoms. The van der Waals surface area contributed by atoms with E-state index in [-0.39, 0.29) is 17.3 Å². The molecule has 1 aliphatic rings. The molecule has 1 aromatic carbocycles. The summed E-state index contributed by atoms with van der Waals surface area (Å²) < 4.78 is 0. The van der Waals surface area contributed by atoms with Gasteiger partial charge >= 0.3 is 0 Å². The van der Waals surface area contributed by atoms with Crippen molar-refractivity contribution in [1.82, 2.24) is 0 Å². The largest absolute Gasteiger partial charge is 0.372 e. The highest BCUT2D eigenvalue weighted by molar-refractivity contribution is 6.09. The van der Waals surface area contributed by atoms with E-state index in [1.807, 2.05) is 31.2 Å². The van der Waals surface area contributed by atoms with E-state index < -0.39 is 0 Å². The van der Waals surface area contributed by atoms with Crippen molar-refractivity contribution in [2.24, 2.45) is 15.9 Å². The van der Waals surface area contributed by atoms with Gasteiger partial charge in [-0.2, -0.15) is 10.5 Å². The predicted molar refractivity (Wildman–Crippen MR) is 107 cm³/mol. The van der Waals surface area contributed by atoms with Gasteiger partial charge in [-0.1, -0.05) is 25.1 Å². The van der Waals surface area contributed by atoms with Crippen molar-refractivity contribution in [2.75, 3.05) is 18.0 Å². The molecule has 1 aliphatic heterocycles. The number of anilines is 1. The highest BCUT2D eigenvalue weighted by Crippen LogP contribution is 2.19. The predicted octanol–water partition coefficient (Wildman–Crippen LogP) is 4.36. The number of benzene rings is 1. The summed E-state index contributed by atoms with van der Waals surface area (Å²) in [4.78, 5) is 10.8. The van der Waals surface area contributed by atoms with E-state index in [4.69, 9.17) is 5.26 Å². The summed E-state index contributed by atoms with van der Waals surface area (Å²) in [6.45, 7) is 8.27. The Morgan fingerprint density at radius 1 is 1.00 bits per heavy atom. The topological polar surface area (TPSA) is 75.5 Å². The van der Waals surface area contributed by atoms with Crippen molar-refractivity contribution in [3.8, 4) is 12.1 Å². The molecule has 1 aromatic rings. The lowest BCUT2D eigenvalue weighted by Gasteiger charge is -2.20. The fraction of sp³-hybridized carbons (Fsp3) is 0.333. The third-order valence-corrected chi connectivity index (χ3v) is 4.35. The second-order valence-electron chi connectivity index (χ2n) is 5.85. The van der Waals surface area contributed by atoms with Crippen LogP contribution in [0.1, 0.15) is 32.8 Å². The van der Waals surface area contributed by atoms with Gasteiger partial charge in [-0.3, -0.25) is 0 Å². The van der Waals surface area contributed by atoms with E-state index in [0.717, 1.165) is 30.8 Å². The summed E-state index contributed by atoms with van der Waals surface area (Å²) in [6.07, 6.45) is 6.39. The van der Waals surface area contributed by atoms with E-state index in [0.29, 0.717) is 0 Å². The lowest BCUT2D eigenvalue weighted by atomic mass is 10.0. The van der Waals surface area contributed by atoms with Gasteiger partial charge in [0, 0.05) is 30.9 Å². The van der Waals surface area contributed by atoms with Crippen molar-refractivity contribution in [3.05, 3.63) is 47.3 Å². The van der Waals surface area contributed by atoms with E-state index >= 15 is 0 Å². The molecule has 26 heavy (non-hydrogen) atoms. The first-order valence-corrected chi connectivity index (χ1v) is 8.87. The van der Waals surface area contributed by atoms with Crippen LogP contribution in [0.15, 0.2) is 51.7 Å². The van der Waals surface area contributed by atoms with Crippen LogP contribution < -0.4 is 4.90 Å². The number of nitriles is 2. The van der Waals surface area contributed by atoms with Crippen LogP contribution in [0.4, 0.5) is 5.69 Å². The molecule has 0 fully saturated rings. The zero-order valence-electron chi connectivity index (χ0n) is 15.5. The Kier molecular flexibility index (Phi) is 6.88. The molecule has 0 aromatic heterocycles. The molecule has 0 spiro atoms. The molecule has 1 unspecified atom stereocenters. The molecule has 1 heterocycles. The molecular weight excluding hydrogens is 322 g/mol. The summed E-state index contributed by atoms with van der Waals surface area (Å²) in [6, 6.07) is 12.2. The Morgan fingerprint density at radius 2 is 1.65 bits per heavy atom. The first kappa shape index (κ1) is 19.1. The van der Waals surface area contributed by atoms with Gasteiger partial charge < -0.3 is 4.90 Å². The zero-order valence-corrected chi connectivity index (χ0v) is 15.5. The molecule has 0 N–H and O–H groups in total. The minimum atomic E-state index is -0.0182. The fourth-order valence-corrected chi connectivity index (χ4v) is 2.77. The second kappa shape index (κ2) is 9.34. The summed E-state index contributed by atoms with van der Waals surface area (Å²) in [7, 11) is 0. The maximum absolute atomic E-state index is 9.24. The van der Waals surface area contributed by atoms with Crippen LogP contribution in [0.3, 0.4) is 0 Å². The highest BCUT2D eigenvalue weighted by Gasteiger charge is 2.16. The van der Waals surface area contributed by atoms with Gasteiger partial charge in [0.05, 0.1) is 5.71 Å². The lowest BCUT2D eigenvalue weighted by Crippen LogP contribution is -2.21. The SMILES string of the molecule is CCC1C=NC(C#N)=C(C#N)N=C1/C=C/c1ccc(N(CC)CC)cc1. The molecule has 1 atom stereocenters. The number of aliphatic imine (C=N–C) groups is 2. The van der Waals surface area contributed by atoms with E-state index in [1.165, 1.54) is 5.69 Å². The summed E-state index contributed by atoms with van der Waals surface area (Å²) in [5, 5.41) is 18.4. The molecule has 0 saturated heterocycles. The average molecular weight is 345 g/mol. The Balaban J connectivity index is 2.29. The van der Waals surface area contributed by atoms with Crippen molar-refractivity contribution in [1.29, 1.82) is 10.5 Å². The summed E-state index contributed by atoms with van der Waals surface area (Å²) in [5.74, 6) is -0.0182. The molecule has 0 radical (unpaired) electrons. The van der Waals surface area contributed by atoms with Crippen molar-refractivity contribution >= 4 is 23.7 Å². The lowest BCUT2D eigenvalue weighted by molar-refractivity contribution is 0.866. The van der Waals surface area contributed by atoms with Gasteiger partial charge in [0.25, 0.3) is 0 Å². The third-order valence-electron chi connectivity index (χ3n) is 4.35. The van der Waals surface area contributed by atoms with Gasteiger partial charge in [0.1, 0.15) is 12.1 Å². The van der Waals surface area contributed by atoms with E-state index in [2.05, 4.69) is 53.0 Å². The standard InChI is InChI=1S/C21H23N5/c1-4-17-15-24-20(13-22)21(14-23)25-19(17)12-9-16-7-10-18(11-8-16)26(5-2)6-3/h7-12,15,17H,4-6H2,1-3H3/b12-9+. The summed E-state index contributed by atoms with van der Waals surface area (Å²) in [5.41, 5.74) is 3.13. The minimum absolute atomic E-state index is 0.0182. The molecule has 0 amide bonds. The van der Waals surface area contributed by atoms with Gasteiger partial charge in [-0.25, -0.2) is 9.98 Å². The van der Waals surface area contributed by atoms with Crippen LogP contribution in [-0.2, 0) is 0 Å². The molecule has 132 valence electrons. The average Bonchev–Trinajstić information content (AvgIpc) is 2.86. The number of hydrogen-bond donors (Lipinski definition) is 0. The van der Waals surface area contributed by atoms with Crippen molar-refractivity contribution in [2.45, 2.75) is 27.2 Å². The zero-order chi connectivity index (χ0) is 18.9. The monoisotopic (exact) mass is 345 g/mol. The number of hydrogen-bond acceptors (Lipinski definition) is 5. The second-order valence-corrected chi connectivity index (χ2v) is 5.85. The number of nitrogens with zero attached hydrogens (tertiary/aromatic N) is 5. The Labute approximate surface area is 155 Å². The van der Waals surface area contributed by atoms with Crippen LogP contribution >= 0.6 is 0 Å². The maximum Gasteiger partial charge on any atom is 0.177 e. The van der Waals surface area contributed by atoms with Gasteiger partial charge in [0.15, 0.2) is 11.4 Å². The molecule has 5 nitrogen and oxygen atoms in total. The van der Waals surface area contributed by atoms with Crippen LogP contribution in [-0.4, -0.2) is 25.0 Å². The van der Waals surface area contributed by atoms with Gasteiger partial charge in [0.2, 0.25) is 0 Å². The quantitative estimate of drug-likeness (QED) is 0.769. The van der Waals surface area contributed by atoms with Crippen LogP contribution in [0.25, 0.3) is 6.08 Å². The first-order chi connectivity index (χ1) is 12.7. The van der Waals surface area contributed by atoms with Crippen molar-refractivity contribution < 1.29 is 0 Å². The van der Waals surface area contributed by atoms with Crippen molar-refractivity contribution in [3.63, 3.8) is 0 Å². The van der Waals surface area contributed by atoms with E-state index in [1.54, 1.807) is 6.21 Å². The number of rotatable bonds is 6. The maximum atomic E-state index is 9.24. The highest BCUT2D eigenvalue weighted by atomic mass is 15.1. The molecule has 0 aliphatic carbocycles. The number of allylic oxidation sites excluding steroid dienone is 3. The third kappa shape index (κ3) is 4.46. The first-order valence-electron chi connectivity index (χ1n) is 8.87.